The van der Waals surface area contributed by atoms with Crippen molar-refractivity contribution in [3.63, 3.8) is 0 Å². The van der Waals surface area contributed by atoms with Gasteiger partial charge >= 0.3 is 0 Å². The number of nitrogens with zero attached hydrogens (tertiary/aromatic N) is 2. The van der Waals surface area contributed by atoms with Crippen molar-refractivity contribution in [3.8, 4) is 10.6 Å². The number of hydrogen-bond acceptors (Lipinski definition) is 6. The number of benzene rings is 1. The summed E-state index contributed by atoms with van der Waals surface area (Å²) in [5.41, 5.74) is 6.34. The first-order chi connectivity index (χ1) is 10.1. The highest BCUT2D eigenvalue weighted by atomic mass is 32.1. The van der Waals surface area contributed by atoms with Crippen LogP contribution in [0.25, 0.3) is 10.6 Å². The molecule has 1 aliphatic heterocycles. The lowest BCUT2D eigenvalue weighted by molar-refractivity contribution is -0.124. The second-order valence-electron chi connectivity index (χ2n) is 4.64. The molecule has 6 nitrogen and oxygen atoms in total. The molecule has 1 saturated heterocycles. The van der Waals surface area contributed by atoms with Gasteiger partial charge in [-0.25, -0.2) is 4.39 Å². The number of carbonyl (C=O) groups is 1. The predicted octanol–water partition coefficient (Wildman–Crippen LogP) is 2.04. The van der Waals surface area contributed by atoms with Crippen LogP contribution in [0.3, 0.4) is 0 Å². The standard InChI is InChI=1S/C13H13FN4O2S/c14-9-4-3-7(15)6-8(9)12-17-18-13(21-12)16-11(19)10-2-1-5-20-10/h3-4,6,10H,1-2,5,15H2,(H,16,18,19). The molecule has 8 heteroatoms. The van der Waals surface area contributed by atoms with Crippen LogP contribution in [0.15, 0.2) is 18.2 Å². The Bertz CT molecular complexity index is 670. The van der Waals surface area contributed by atoms with Crippen LogP contribution < -0.4 is 11.1 Å². The zero-order chi connectivity index (χ0) is 14.8. The van der Waals surface area contributed by atoms with E-state index in [1.165, 1.54) is 18.2 Å². The summed E-state index contributed by atoms with van der Waals surface area (Å²) >= 11 is 1.09. The number of halogens is 1. The average Bonchev–Trinajstić information content (AvgIpc) is 3.12. The van der Waals surface area contributed by atoms with E-state index in [0.717, 1.165) is 17.8 Å². The van der Waals surface area contributed by atoms with Crippen LogP contribution in [0.5, 0.6) is 0 Å². The number of nitrogens with two attached hydrogens (primary N) is 1. The quantitative estimate of drug-likeness (QED) is 0.847. The van der Waals surface area contributed by atoms with Crippen molar-refractivity contribution in [2.24, 2.45) is 0 Å². The molecule has 0 bridgehead atoms. The Hall–Kier alpha value is -2.06. The van der Waals surface area contributed by atoms with Crippen molar-refractivity contribution in [3.05, 3.63) is 24.0 Å². The van der Waals surface area contributed by atoms with Crippen LogP contribution in [0.1, 0.15) is 12.8 Å². The van der Waals surface area contributed by atoms with Crippen LogP contribution in [0.4, 0.5) is 15.2 Å². The van der Waals surface area contributed by atoms with E-state index in [-0.39, 0.29) is 11.5 Å². The number of rotatable bonds is 3. The molecule has 1 fully saturated rings. The lowest BCUT2D eigenvalue weighted by atomic mass is 10.2. The van der Waals surface area contributed by atoms with Gasteiger partial charge in [0.1, 0.15) is 11.9 Å². The van der Waals surface area contributed by atoms with Gasteiger partial charge in [0.2, 0.25) is 5.13 Å². The molecule has 110 valence electrons. The van der Waals surface area contributed by atoms with Gasteiger partial charge in [0.05, 0.1) is 5.56 Å². The monoisotopic (exact) mass is 308 g/mol. The van der Waals surface area contributed by atoms with E-state index in [0.29, 0.717) is 28.9 Å². The third kappa shape index (κ3) is 3.01. The van der Waals surface area contributed by atoms with Crippen molar-refractivity contribution in [2.75, 3.05) is 17.7 Å². The lowest BCUT2D eigenvalue weighted by Gasteiger charge is -2.07. The van der Waals surface area contributed by atoms with Crippen molar-refractivity contribution in [1.82, 2.24) is 10.2 Å². The molecule has 1 aromatic carbocycles. The van der Waals surface area contributed by atoms with Crippen molar-refractivity contribution in [2.45, 2.75) is 18.9 Å². The van der Waals surface area contributed by atoms with E-state index in [9.17, 15) is 9.18 Å². The number of aromatic nitrogens is 2. The van der Waals surface area contributed by atoms with Gasteiger partial charge in [-0.2, -0.15) is 0 Å². The smallest absolute Gasteiger partial charge is 0.255 e. The highest BCUT2D eigenvalue weighted by Gasteiger charge is 2.24. The molecular weight excluding hydrogens is 295 g/mol. The Labute approximate surface area is 124 Å². The van der Waals surface area contributed by atoms with Crippen molar-refractivity contribution in [1.29, 1.82) is 0 Å². The van der Waals surface area contributed by atoms with Crippen LogP contribution >= 0.6 is 11.3 Å². The molecule has 21 heavy (non-hydrogen) atoms. The summed E-state index contributed by atoms with van der Waals surface area (Å²) in [6.45, 7) is 0.591. The maximum atomic E-state index is 13.7. The Morgan fingerprint density at radius 3 is 3.10 bits per heavy atom. The molecule has 0 spiro atoms. The number of carbonyl (C=O) groups excluding carboxylic acids is 1. The van der Waals surface area contributed by atoms with Gasteiger partial charge in [-0.05, 0) is 31.0 Å². The largest absolute Gasteiger partial charge is 0.399 e. The van der Waals surface area contributed by atoms with Gasteiger partial charge in [0.25, 0.3) is 5.91 Å². The van der Waals surface area contributed by atoms with Crippen molar-refractivity contribution < 1.29 is 13.9 Å². The van der Waals surface area contributed by atoms with E-state index >= 15 is 0 Å². The van der Waals surface area contributed by atoms with Crippen LogP contribution in [0, 0.1) is 5.82 Å². The van der Waals surface area contributed by atoms with Gasteiger partial charge < -0.3 is 10.5 Å². The molecule has 0 saturated carbocycles. The summed E-state index contributed by atoms with van der Waals surface area (Å²) in [5, 5.41) is 11.0. The molecule has 1 amide bonds. The minimum Gasteiger partial charge on any atom is -0.399 e. The second kappa shape index (κ2) is 5.74. The minimum absolute atomic E-state index is 0.247. The van der Waals surface area contributed by atoms with Gasteiger partial charge in [0.15, 0.2) is 5.01 Å². The first-order valence-electron chi connectivity index (χ1n) is 6.45. The number of hydrogen-bond donors (Lipinski definition) is 2. The molecule has 1 aliphatic rings. The van der Waals surface area contributed by atoms with Crippen LogP contribution in [-0.2, 0) is 9.53 Å². The van der Waals surface area contributed by atoms with Gasteiger partial charge in [-0.1, -0.05) is 11.3 Å². The van der Waals surface area contributed by atoms with Gasteiger partial charge in [0, 0.05) is 12.3 Å². The SMILES string of the molecule is Nc1ccc(F)c(-c2nnc(NC(=O)C3CCCO3)s2)c1. The number of amides is 1. The Balaban J connectivity index is 1.77. The van der Waals surface area contributed by atoms with Crippen LogP contribution in [0.2, 0.25) is 0 Å². The maximum Gasteiger partial charge on any atom is 0.255 e. The molecule has 0 aliphatic carbocycles. The van der Waals surface area contributed by atoms with Gasteiger partial charge in [-0.15, -0.1) is 10.2 Å². The first kappa shape index (κ1) is 13.9. The molecule has 0 radical (unpaired) electrons. The fourth-order valence-electron chi connectivity index (χ4n) is 2.06. The maximum absolute atomic E-state index is 13.7. The molecule has 2 heterocycles. The van der Waals surface area contributed by atoms with E-state index in [1.54, 1.807) is 0 Å². The summed E-state index contributed by atoms with van der Waals surface area (Å²) < 4.78 is 19.0. The van der Waals surface area contributed by atoms with E-state index < -0.39 is 11.9 Å². The van der Waals surface area contributed by atoms with E-state index in [2.05, 4.69) is 15.5 Å². The summed E-state index contributed by atoms with van der Waals surface area (Å²) in [4.78, 5) is 11.9. The average molecular weight is 308 g/mol. The molecule has 1 atom stereocenters. The van der Waals surface area contributed by atoms with Crippen LogP contribution in [-0.4, -0.2) is 28.8 Å². The number of nitrogen functional groups attached to an aromatic ring is 1. The number of nitrogens with one attached hydrogen (secondary N) is 1. The zero-order valence-corrected chi connectivity index (χ0v) is 11.8. The third-order valence-electron chi connectivity index (χ3n) is 3.10. The fraction of sp³-hybridized carbons (Fsp3) is 0.308. The lowest BCUT2D eigenvalue weighted by Crippen LogP contribution is -2.26. The van der Waals surface area contributed by atoms with E-state index in [4.69, 9.17) is 10.5 Å². The van der Waals surface area contributed by atoms with E-state index in [1.807, 2.05) is 0 Å². The molecule has 2 aromatic rings. The Morgan fingerprint density at radius 2 is 2.33 bits per heavy atom. The third-order valence-corrected chi connectivity index (χ3v) is 3.97. The number of anilines is 2. The topological polar surface area (TPSA) is 90.1 Å². The molecule has 1 aromatic heterocycles. The first-order valence-corrected chi connectivity index (χ1v) is 7.26. The summed E-state index contributed by atoms with van der Waals surface area (Å²) in [6, 6.07) is 4.23. The van der Waals surface area contributed by atoms with Crippen molar-refractivity contribution >= 4 is 28.1 Å². The molecule has 1 unspecified atom stereocenters. The summed E-state index contributed by atoms with van der Waals surface area (Å²) in [7, 11) is 0. The predicted molar refractivity (Wildman–Crippen MR) is 77.3 cm³/mol. The normalized spacial score (nSPS) is 17.9. The highest BCUT2D eigenvalue weighted by molar-refractivity contribution is 7.18. The second-order valence-corrected chi connectivity index (χ2v) is 5.62. The zero-order valence-electron chi connectivity index (χ0n) is 11.0. The summed E-state index contributed by atoms with van der Waals surface area (Å²) in [5.74, 6) is -0.680. The summed E-state index contributed by atoms with van der Waals surface area (Å²) in [6.07, 6.45) is 1.12. The highest BCUT2D eigenvalue weighted by Crippen LogP contribution is 2.30. The Morgan fingerprint density at radius 1 is 1.48 bits per heavy atom. The molecule has 3 rings (SSSR count). The number of ether oxygens (including phenoxy) is 1. The molecule has 3 N–H and O–H groups in total. The van der Waals surface area contributed by atoms with Gasteiger partial charge in [-0.3, -0.25) is 10.1 Å². The molecular formula is C13H13FN4O2S. The Kier molecular flexibility index (Phi) is 3.80. The minimum atomic E-state index is -0.443. The fourth-order valence-corrected chi connectivity index (χ4v) is 2.82.